The van der Waals surface area contributed by atoms with E-state index in [2.05, 4.69) is 57.3 Å². The molecule has 1 N–H and O–H groups in total. The predicted octanol–water partition coefficient (Wildman–Crippen LogP) is 1.76. The van der Waals surface area contributed by atoms with E-state index in [-0.39, 0.29) is 0 Å². The molecule has 0 aliphatic heterocycles. The van der Waals surface area contributed by atoms with Crippen molar-refractivity contribution in [3.8, 4) is 5.69 Å². The third-order valence-electron chi connectivity index (χ3n) is 2.28. The van der Waals surface area contributed by atoms with Crippen LogP contribution in [-0.4, -0.2) is 26.2 Å². The zero-order chi connectivity index (χ0) is 12.3. The van der Waals surface area contributed by atoms with Crippen molar-refractivity contribution in [2.75, 3.05) is 0 Å². The Kier molecular flexibility index (Phi) is 4.06. The quantitative estimate of drug-likeness (QED) is 0.860. The second-order valence-electron chi connectivity index (χ2n) is 3.99. The first kappa shape index (κ1) is 12.4. The van der Waals surface area contributed by atoms with Gasteiger partial charge in [-0.25, -0.2) is 0 Å². The zero-order valence-electron chi connectivity index (χ0n) is 9.76. The minimum absolute atomic E-state index is 0.412. The maximum absolute atomic E-state index is 4.04. The molecule has 2 rings (SSSR count). The predicted molar refractivity (Wildman–Crippen MR) is 73.8 cm³/mol. The first-order chi connectivity index (χ1) is 8.18. The highest BCUT2D eigenvalue weighted by Gasteiger charge is 2.10. The first-order valence-electron chi connectivity index (χ1n) is 5.44. The maximum Gasteiger partial charge on any atom is 0.170 e. The van der Waals surface area contributed by atoms with Gasteiger partial charge in [0.05, 0.1) is 12.2 Å². The summed E-state index contributed by atoms with van der Waals surface area (Å²) in [6.07, 6.45) is 0. The largest absolute Gasteiger partial charge is 0.308 e. The molecule has 17 heavy (non-hydrogen) atoms. The Hall–Kier alpha value is -1.02. The van der Waals surface area contributed by atoms with Crippen molar-refractivity contribution in [2.24, 2.45) is 0 Å². The summed E-state index contributed by atoms with van der Waals surface area (Å²) in [5, 5.41) is 15.1. The first-order valence-corrected chi connectivity index (χ1v) is 6.52. The van der Waals surface area contributed by atoms with Crippen molar-refractivity contribution in [3.05, 3.63) is 33.7 Å². The molecule has 0 aliphatic rings. The van der Waals surface area contributed by atoms with E-state index in [1.165, 1.54) is 0 Å². The number of hydrogen-bond acceptors (Lipinski definition) is 4. The molecule has 0 saturated heterocycles. The van der Waals surface area contributed by atoms with Crippen LogP contribution in [0.15, 0.2) is 24.3 Å². The van der Waals surface area contributed by atoms with Crippen LogP contribution >= 0.6 is 22.6 Å². The van der Waals surface area contributed by atoms with E-state index >= 15 is 0 Å². The molecule has 1 aromatic heterocycles. The molecule has 0 radical (unpaired) electrons. The minimum atomic E-state index is 0.412. The van der Waals surface area contributed by atoms with Crippen LogP contribution in [0.3, 0.4) is 0 Å². The van der Waals surface area contributed by atoms with Crippen LogP contribution in [0.5, 0.6) is 0 Å². The number of rotatable bonds is 4. The van der Waals surface area contributed by atoms with E-state index in [1.54, 1.807) is 4.68 Å². The zero-order valence-corrected chi connectivity index (χ0v) is 11.9. The van der Waals surface area contributed by atoms with Crippen molar-refractivity contribution < 1.29 is 0 Å². The van der Waals surface area contributed by atoms with E-state index < -0.39 is 0 Å². The fourth-order valence-electron chi connectivity index (χ4n) is 1.42. The van der Waals surface area contributed by atoms with Gasteiger partial charge in [0.1, 0.15) is 0 Å². The molecule has 5 nitrogen and oxygen atoms in total. The molecular weight excluding hydrogens is 329 g/mol. The Morgan fingerprint density at radius 3 is 2.82 bits per heavy atom. The summed E-state index contributed by atoms with van der Waals surface area (Å²) >= 11 is 2.28. The van der Waals surface area contributed by atoms with Crippen LogP contribution in [0, 0.1) is 3.57 Å². The van der Waals surface area contributed by atoms with Crippen LogP contribution in [0.1, 0.15) is 19.7 Å². The fraction of sp³-hybridized carbons (Fsp3) is 0.364. The Morgan fingerprint density at radius 2 is 2.12 bits per heavy atom. The molecule has 0 saturated carbocycles. The lowest BCUT2D eigenvalue weighted by atomic mass is 10.3. The number of benzene rings is 1. The number of aromatic nitrogens is 4. The second kappa shape index (κ2) is 5.54. The Morgan fingerprint density at radius 1 is 1.35 bits per heavy atom. The van der Waals surface area contributed by atoms with Gasteiger partial charge >= 0.3 is 0 Å². The highest BCUT2D eigenvalue weighted by molar-refractivity contribution is 14.1. The van der Waals surface area contributed by atoms with Crippen LogP contribution in [-0.2, 0) is 6.54 Å². The summed E-state index contributed by atoms with van der Waals surface area (Å²) in [6.45, 7) is 4.86. The van der Waals surface area contributed by atoms with Gasteiger partial charge < -0.3 is 5.32 Å². The molecule has 0 unspecified atom stereocenters. The van der Waals surface area contributed by atoms with Crippen molar-refractivity contribution in [1.29, 1.82) is 0 Å². The number of nitrogens with zero attached hydrogens (tertiary/aromatic N) is 4. The minimum Gasteiger partial charge on any atom is -0.308 e. The molecule has 0 fully saturated rings. The van der Waals surface area contributed by atoms with Crippen LogP contribution < -0.4 is 5.32 Å². The third kappa shape index (κ3) is 3.01. The number of halogens is 1. The average Bonchev–Trinajstić information content (AvgIpc) is 2.75. The summed E-state index contributed by atoms with van der Waals surface area (Å²) in [7, 11) is 0. The summed E-state index contributed by atoms with van der Waals surface area (Å²) in [5.41, 5.74) is 1.01. The molecule has 1 heterocycles. The van der Waals surface area contributed by atoms with Gasteiger partial charge in [-0.2, -0.15) is 4.68 Å². The van der Waals surface area contributed by atoms with Gasteiger partial charge in [0.15, 0.2) is 5.82 Å². The monoisotopic (exact) mass is 343 g/mol. The SMILES string of the molecule is CC(C)NCc1nnnn1-c1ccccc1I. The molecule has 6 heteroatoms. The van der Waals surface area contributed by atoms with E-state index in [1.807, 2.05) is 24.3 Å². The lowest BCUT2D eigenvalue weighted by molar-refractivity contribution is 0.563. The van der Waals surface area contributed by atoms with E-state index in [0.29, 0.717) is 12.6 Å². The van der Waals surface area contributed by atoms with Crippen molar-refractivity contribution in [2.45, 2.75) is 26.4 Å². The van der Waals surface area contributed by atoms with Gasteiger partial charge in [0.2, 0.25) is 0 Å². The van der Waals surface area contributed by atoms with E-state index in [9.17, 15) is 0 Å². The number of nitrogens with one attached hydrogen (secondary N) is 1. The lowest BCUT2D eigenvalue weighted by Crippen LogP contribution is -2.24. The third-order valence-corrected chi connectivity index (χ3v) is 3.20. The molecule has 0 spiro atoms. The highest BCUT2D eigenvalue weighted by atomic mass is 127. The molecule has 0 aliphatic carbocycles. The number of para-hydroxylation sites is 1. The molecule has 2 aromatic rings. The molecular formula is C11H14IN5. The Labute approximate surface area is 114 Å². The second-order valence-corrected chi connectivity index (χ2v) is 5.16. The summed E-state index contributed by atoms with van der Waals surface area (Å²) < 4.78 is 2.90. The molecule has 90 valence electrons. The van der Waals surface area contributed by atoms with Gasteiger partial charge in [0.25, 0.3) is 0 Å². The maximum atomic E-state index is 4.04. The van der Waals surface area contributed by atoms with Gasteiger partial charge in [0, 0.05) is 9.61 Å². The highest BCUT2D eigenvalue weighted by Crippen LogP contribution is 2.16. The smallest absolute Gasteiger partial charge is 0.170 e. The van der Waals surface area contributed by atoms with Crippen LogP contribution in [0.25, 0.3) is 5.69 Å². The van der Waals surface area contributed by atoms with Crippen molar-refractivity contribution in [3.63, 3.8) is 0 Å². The van der Waals surface area contributed by atoms with E-state index in [0.717, 1.165) is 15.1 Å². The number of tetrazole rings is 1. The topological polar surface area (TPSA) is 55.6 Å². The van der Waals surface area contributed by atoms with Crippen molar-refractivity contribution >= 4 is 22.6 Å². The van der Waals surface area contributed by atoms with Crippen LogP contribution in [0.2, 0.25) is 0 Å². The fourth-order valence-corrected chi connectivity index (χ4v) is 2.04. The summed E-state index contributed by atoms with van der Waals surface area (Å²) in [4.78, 5) is 0. The average molecular weight is 343 g/mol. The summed E-state index contributed by atoms with van der Waals surface area (Å²) in [6, 6.07) is 8.45. The molecule has 0 amide bonds. The van der Waals surface area contributed by atoms with Gasteiger partial charge in [-0.15, -0.1) is 5.10 Å². The van der Waals surface area contributed by atoms with Gasteiger partial charge in [-0.3, -0.25) is 0 Å². The van der Waals surface area contributed by atoms with Crippen molar-refractivity contribution in [1.82, 2.24) is 25.5 Å². The Balaban J connectivity index is 2.28. The molecule has 1 aromatic carbocycles. The standard InChI is InChI=1S/C11H14IN5/c1-8(2)13-7-11-14-15-16-17(11)10-6-4-3-5-9(10)12/h3-6,8,13H,7H2,1-2H3. The molecule has 0 atom stereocenters. The van der Waals surface area contributed by atoms with Gasteiger partial charge in [-0.1, -0.05) is 26.0 Å². The Bertz CT molecular complexity index is 494. The lowest BCUT2D eigenvalue weighted by Gasteiger charge is -2.09. The molecule has 0 bridgehead atoms. The normalized spacial score (nSPS) is 11.1. The van der Waals surface area contributed by atoms with Gasteiger partial charge in [-0.05, 0) is 45.2 Å². The van der Waals surface area contributed by atoms with Crippen LogP contribution in [0.4, 0.5) is 0 Å². The van der Waals surface area contributed by atoms with E-state index in [4.69, 9.17) is 0 Å². The number of hydrogen-bond donors (Lipinski definition) is 1. The summed E-state index contributed by atoms with van der Waals surface area (Å²) in [5.74, 6) is 0.822.